The number of carbonyl (C=O) groups is 2. The highest BCUT2D eigenvalue weighted by molar-refractivity contribution is 5.89. The summed E-state index contributed by atoms with van der Waals surface area (Å²) < 4.78 is 13.7. The lowest BCUT2D eigenvalue weighted by Crippen LogP contribution is -2.47. The SMILES string of the molecule is CC(=N)CC(O)CC(=O)N1CCC[C@H]1C(=O)NCC1=C[C@](C)(F)C=C1. The topological polar surface area (TPSA) is 93.5 Å². The van der Waals surface area contributed by atoms with E-state index in [2.05, 4.69) is 5.32 Å². The number of likely N-dealkylation sites (tertiary alicyclic amines) is 1. The number of nitrogens with zero attached hydrogens (tertiary/aromatic N) is 1. The van der Waals surface area contributed by atoms with Crippen molar-refractivity contribution in [1.82, 2.24) is 10.2 Å². The van der Waals surface area contributed by atoms with E-state index >= 15 is 0 Å². The summed E-state index contributed by atoms with van der Waals surface area (Å²) in [5.41, 5.74) is -0.460. The van der Waals surface area contributed by atoms with Gasteiger partial charge in [0.25, 0.3) is 0 Å². The van der Waals surface area contributed by atoms with Crippen molar-refractivity contribution in [3.63, 3.8) is 0 Å². The molecule has 138 valence electrons. The van der Waals surface area contributed by atoms with E-state index in [1.807, 2.05) is 0 Å². The fraction of sp³-hybridized carbons (Fsp3) is 0.611. The number of allylic oxidation sites excluding steroid dienone is 2. The summed E-state index contributed by atoms with van der Waals surface area (Å²) in [5, 5.41) is 20.0. The third-order valence-corrected chi connectivity index (χ3v) is 4.39. The predicted molar refractivity (Wildman–Crippen MR) is 93.1 cm³/mol. The summed E-state index contributed by atoms with van der Waals surface area (Å²) in [6.45, 7) is 3.73. The van der Waals surface area contributed by atoms with Gasteiger partial charge < -0.3 is 20.7 Å². The third-order valence-electron chi connectivity index (χ3n) is 4.39. The summed E-state index contributed by atoms with van der Waals surface area (Å²) in [6, 6.07) is -0.552. The van der Waals surface area contributed by atoms with Crippen LogP contribution in [-0.2, 0) is 9.59 Å². The first-order valence-electron chi connectivity index (χ1n) is 8.57. The van der Waals surface area contributed by atoms with Gasteiger partial charge in [0.2, 0.25) is 11.8 Å². The van der Waals surface area contributed by atoms with Crippen LogP contribution in [0, 0.1) is 5.41 Å². The molecule has 2 aliphatic rings. The molecule has 3 atom stereocenters. The van der Waals surface area contributed by atoms with Crippen molar-refractivity contribution in [2.75, 3.05) is 13.1 Å². The van der Waals surface area contributed by atoms with Gasteiger partial charge in [-0.2, -0.15) is 0 Å². The Balaban J connectivity index is 1.87. The predicted octanol–water partition coefficient (Wildman–Crippen LogP) is 1.50. The fourth-order valence-corrected chi connectivity index (χ4v) is 3.23. The Bertz CT molecular complexity index is 613. The lowest BCUT2D eigenvalue weighted by atomic mass is 10.1. The molecule has 0 saturated carbocycles. The fourth-order valence-electron chi connectivity index (χ4n) is 3.23. The molecule has 7 heteroatoms. The van der Waals surface area contributed by atoms with Gasteiger partial charge >= 0.3 is 0 Å². The van der Waals surface area contributed by atoms with Crippen molar-refractivity contribution in [1.29, 1.82) is 5.41 Å². The largest absolute Gasteiger partial charge is 0.392 e. The van der Waals surface area contributed by atoms with Crippen molar-refractivity contribution >= 4 is 17.5 Å². The molecule has 1 saturated heterocycles. The maximum Gasteiger partial charge on any atom is 0.243 e. The zero-order chi connectivity index (χ0) is 18.6. The smallest absolute Gasteiger partial charge is 0.243 e. The Morgan fingerprint density at radius 3 is 2.84 bits per heavy atom. The third kappa shape index (κ3) is 5.49. The van der Waals surface area contributed by atoms with E-state index in [4.69, 9.17) is 5.41 Å². The van der Waals surface area contributed by atoms with Crippen LogP contribution in [0.25, 0.3) is 0 Å². The van der Waals surface area contributed by atoms with Gasteiger partial charge in [0.1, 0.15) is 11.7 Å². The molecule has 3 N–H and O–H groups in total. The first-order chi connectivity index (χ1) is 11.7. The van der Waals surface area contributed by atoms with Crippen molar-refractivity contribution in [3.05, 3.63) is 23.8 Å². The van der Waals surface area contributed by atoms with Crippen LogP contribution >= 0.6 is 0 Å². The Labute approximate surface area is 147 Å². The molecule has 1 aliphatic heterocycles. The molecule has 0 spiro atoms. The number of hydrogen-bond acceptors (Lipinski definition) is 4. The second-order valence-electron chi connectivity index (χ2n) is 7.01. The number of nitrogens with one attached hydrogen (secondary N) is 2. The number of aliphatic hydroxyl groups excluding tert-OH is 1. The monoisotopic (exact) mass is 351 g/mol. The molecule has 6 nitrogen and oxygen atoms in total. The molecule has 0 radical (unpaired) electrons. The van der Waals surface area contributed by atoms with Crippen LogP contribution in [0.4, 0.5) is 4.39 Å². The highest BCUT2D eigenvalue weighted by Crippen LogP contribution is 2.24. The summed E-state index contributed by atoms with van der Waals surface area (Å²) in [6.07, 6.45) is 5.01. The van der Waals surface area contributed by atoms with Gasteiger partial charge in [0.15, 0.2) is 0 Å². The number of alkyl halides is 1. The molecule has 1 aliphatic carbocycles. The average molecular weight is 351 g/mol. The van der Waals surface area contributed by atoms with E-state index in [1.165, 1.54) is 24.0 Å². The molecule has 2 rings (SSSR count). The zero-order valence-corrected chi connectivity index (χ0v) is 14.7. The Hall–Kier alpha value is -2.02. The van der Waals surface area contributed by atoms with Gasteiger partial charge in [-0.3, -0.25) is 9.59 Å². The summed E-state index contributed by atoms with van der Waals surface area (Å²) >= 11 is 0. The van der Waals surface area contributed by atoms with Crippen molar-refractivity contribution < 1.29 is 19.1 Å². The molecular weight excluding hydrogens is 325 g/mol. The number of hydrogen-bond donors (Lipinski definition) is 3. The van der Waals surface area contributed by atoms with Crippen LogP contribution < -0.4 is 5.32 Å². The molecule has 0 aromatic carbocycles. The van der Waals surface area contributed by atoms with E-state index in [0.29, 0.717) is 24.3 Å². The van der Waals surface area contributed by atoms with Crippen LogP contribution in [0.3, 0.4) is 0 Å². The van der Waals surface area contributed by atoms with Gasteiger partial charge in [-0.15, -0.1) is 0 Å². The minimum Gasteiger partial charge on any atom is -0.392 e. The molecule has 2 amide bonds. The molecule has 1 fully saturated rings. The zero-order valence-electron chi connectivity index (χ0n) is 14.7. The Morgan fingerprint density at radius 2 is 2.24 bits per heavy atom. The van der Waals surface area contributed by atoms with Gasteiger partial charge in [-0.05, 0) is 44.4 Å². The quantitative estimate of drug-likeness (QED) is 0.607. The van der Waals surface area contributed by atoms with Crippen molar-refractivity contribution in [2.45, 2.75) is 57.3 Å². The highest BCUT2D eigenvalue weighted by atomic mass is 19.1. The first-order valence-corrected chi connectivity index (χ1v) is 8.57. The molecule has 0 aromatic rings. The van der Waals surface area contributed by atoms with Crippen LogP contribution in [0.1, 0.15) is 39.5 Å². The van der Waals surface area contributed by atoms with Gasteiger partial charge in [-0.25, -0.2) is 4.39 Å². The summed E-state index contributed by atoms with van der Waals surface area (Å²) in [5.74, 6) is -0.534. The first kappa shape index (κ1) is 19.3. The number of amides is 2. The standard InChI is InChI=1S/C18H26FN3O3/c1-12(20)8-14(23)9-16(24)22-7-3-4-15(22)17(25)21-11-13-5-6-18(2,19)10-13/h5-6,10,14-15,20,23H,3-4,7-9,11H2,1-2H3,(H,21,25)/t14?,15-,18+/m0/s1. The van der Waals surface area contributed by atoms with Crippen LogP contribution in [-0.4, -0.2) is 58.4 Å². The molecular formula is C18H26FN3O3. The molecule has 25 heavy (non-hydrogen) atoms. The maximum atomic E-state index is 13.7. The molecule has 0 bridgehead atoms. The Morgan fingerprint density at radius 1 is 1.52 bits per heavy atom. The number of aliphatic hydroxyl groups is 1. The lowest BCUT2D eigenvalue weighted by molar-refractivity contribution is -0.139. The second kappa shape index (κ2) is 7.91. The van der Waals surface area contributed by atoms with Crippen molar-refractivity contribution in [2.24, 2.45) is 0 Å². The van der Waals surface area contributed by atoms with Crippen LogP contribution in [0.5, 0.6) is 0 Å². The van der Waals surface area contributed by atoms with Crippen LogP contribution in [0.2, 0.25) is 0 Å². The van der Waals surface area contributed by atoms with Gasteiger partial charge in [-0.1, -0.05) is 6.08 Å². The van der Waals surface area contributed by atoms with E-state index in [-0.39, 0.29) is 31.2 Å². The van der Waals surface area contributed by atoms with E-state index < -0.39 is 17.8 Å². The lowest BCUT2D eigenvalue weighted by Gasteiger charge is -2.25. The van der Waals surface area contributed by atoms with E-state index in [0.717, 1.165) is 6.42 Å². The highest BCUT2D eigenvalue weighted by Gasteiger charge is 2.34. The van der Waals surface area contributed by atoms with Gasteiger partial charge in [0, 0.05) is 25.2 Å². The summed E-state index contributed by atoms with van der Waals surface area (Å²) in [7, 11) is 0. The number of carbonyl (C=O) groups excluding carboxylic acids is 2. The maximum absolute atomic E-state index is 13.7. The van der Waals surface area contributed by atoms with Crippen molar-refractivity contribution in [3.8, 4) is 0 Å². The number of rotatable bonds is 7. The average Bonchev–Trinajstić information content (AvgIpc) is 3.10. The van der Waals surface area contributed by atoms with E-state index in [1.54, 1.807) is 13.0 Å². The Kier molecular flexibility index (Phi) is 6.11. The minimum atomic E-state index is -1.47. The molecule has 1 unspecified atom stereocenters. The normalized spacial score (nSPS) is 26.5. The van der Waals surface area contributed by atoms with Gasteiger partial charge in [0.05, 0.1) is 12.5 Å². The minimum absolute atomic E-state index is 0.0892. The number of halogens is 1. The second-order valence-corrected chi connectivity index (χ2v) is 7.01. The molecule has 0 aromatic heterocycles. The summed E-state index contributed by atoms with van der Waals surface area (Å²) in [4.78, 5) is 26.2. The molecule has 1 heterocycles. The van der Waals surface area contributed by atoms with E-state index in [9.17, 15) is 19.1 Å². The van der Waals surface area contributed by atoms with Crippen LogP contribution in [0.15, 0.2) is 23.8 Å².